The average Bonchev–Trinajstić information content (AvgIpc) is 2.36. The van der Waals surface area contributed by atoms with E-state index in [1.54, 1.807) is 25.3 Å². The fourth-order valence-electron chi connectivity index (χ4n) is 1.64. The van der Waals surface area contributed by atoms with E-state index < -0.39 is 0 Å². The Morgan fingerprint density at radius 1 is 1.33 bits per heavy atom. The molecule has 18 heavy (non-hydrogen) atoms. The monoisotopic (exact) mass is 310 g/mol. The number of pyridine rings is 1. The van der Waals surface area contributed by atoms with E-state index in [0.717, 1.165) is 15.6 Å². The third kappa shape index (κ3) is 2.46. The van der Waals surface area contributed by atoms with E-state index in [0.29, 0.717) is 6.54 Å². The van der Waals surface area contributed by atoms with Crippen molar-refractivity contribution in [3.63, 3.8) is 0 Å². The molecule has 0 fully saturated rings. The average molecular weight is 311 g/mol. The summed E-state index contributed by atoms with van der Waals surface area (Å²) in [5.41, 5.74) is 7.30. The second-order valence-electron chi connectivity index (χ2n) is 4.08. The van der Waals surface area contributed by atoms with Gasteiger partial charge in [-0.3, -0.25) is 4.79 Å². The molecule has 0 radical (unpaired) electrons. The highest BCUT2D eigenvalue weighted by Gasteiger charge is 2.08. The summed E-state index contributed by atoms with van der Waals surface area (Å²) < 4.78 is 15.1. The Balaban J connectivity index is 2.41. The summed E-state index contributed by atoms with van der Waals surface area (Å²) in [5.74, 6) is -0.296. The molecule has 0 bridgehead atoms. The third-order valence-electron chi connectivity index (χ3n) is 2.79. The van der Waals surface area contributed by atoms with Gasteiger partial charge in [0.05, 0.1) is 6.54 Å². The largest absolute Gasteiger partial charge is 0.394 e. The summed E-state index contributed by atoms with van der Waals surface area (Å²) >= 11 is 3.36. The molecule has 2 rings (SSSR count). The van der Waals surface area contributed by atoms with E-state index in [-0.39, 0.29) is 17.1 Å². The molecule has 0 saturated heterocycles. The van der Waals surface area contributed by atoms with Crippen LogP contribution in [0, 0.1) is 12.7 Å². The quantitative estimate of drug-likeness (QED) is 0.927. The standard InChI is InChI=1S/C13H12BrFN2O/c1-8-11(14)7-17(13(18)12(8)16)6-9-2-4-10(15)5-3-9/h2-5,7H,6,16H2,1H3. The molecule has 0 saturated carbocycles. The summed E-state index contributed by atoms with van der Waals surface area (Å²) in [4.78, 5) is 12.0. The van der Waals surface area contributed by atoms with Gasteiger partial charge in [0.15, 0.2) is 0 Å². The fraction of sp³-hybridized carbons (Fsp3) is 0.154. The molecule has 5 heteroatoms. The minimum Gasteiger partial charge on any atom is -0.394 e. The van der Waals surface area contributed by atoms with Crippen LogP contribution in [-0.4, -0.2) is 4.57 Å². The lowest BCUT2D eigenvalue weighted by Crippen LogP contribution is -2.24. The van der Waals surface area contributed by atoms with Gasteiger partial charge in [0.25, 0.3) is 5.56 Å². The molecule has 1 heterocycles. The second-order valence-corrected chi connectivity index (χ2v) is 4.93. The van der Waals surface area contributed by atoms with E-state index in [1.165, 1.54) is 16.7 Å². The molecule has 0 aliphatic carbocycles. The smallest absolute Gasteiger partial charge is 0.274 e. The number of nitrogen functional groups attached to an aromatic ring is 1. The van der Waals surface area contributed by atoms with Gasteiger partial charge >= 0.3 is 0 Å². The van der Waals surface area contributed by atoms with Crippen LogP contribution in [0.4, 0.5) is 10.1 Å². The van der Waals surface area contributed by atoms with E-state index in [1.807, 2.05) is 0 Å². The van der Waals surface area contributed by atoms with Crippen LogP contribution in [0.25, 0.3) is 0 Å². The normalized spacial score (nSPS) is 10.6. The molecule has 0 amide bonds. The van der Waals surface area contributed by atoms with Crippen molar-refractivity contribution in [2.24, 2.45) is 0 Å². The molecule has 2 N–H and O–H groups in total. The summed E-state index contributed by atoms with van der Waals surface area (Å²) in [5, 5.41) is 0. The highest BCUT2D eigenvalue weighted by molar-refractivity contribution is 9.10. The van der Waals surface area contributed by atoms with Crippen molar-refractivity contribution < 1.29 is 4.39 Å². The molecule has 1 aromatic heterocycles. The zero-order valence-electron chi connectivity index (χ0n) is 9.78. The zero-order valence-corrected chi connectivity index (χ0v) is 11.4. The van der Waals surface area contributed by atoms with Crippen molar-refractivity contribution in [2.75, 3.05) is 5.73 Å². The first-order valence-corrected chi connectivity index (χ1v) is 6.18. The minimum atomic E-state index is -0.296. The maximum atomic E-state index is 12.8. The number of benzene rings is 1. The Morgan fingerprint density at radius 3 is 2.56 bits per heavy atom. The third-order valence-corrected chi connectivity index (χ3v) is 3.59. The Bertz CT molecular complexity index is 635. The highest BCUT2D eigenvalue weighted by Crippen LogP contribution is 2.18. The van der Waals surface area contributed by atoms with E-state index in [2.05, 4.69) is 15.9 Å². The first kappa shape index (κ1) is 12.8. The van der Waals surface area contributed by atoms with Crippen LogP contribution < -0.4 is 11.3 Å². The van der Waals surface area contributed by atoms with Gasteiger partial charge in [-0.1, -0.05) is 12.1 Å². The minimum absolute atomic E-state index is 0.228. The molecule has 1 aromatic carbocycles. The Hall–Kier alpha value is -1.62. The Morgan fingerprint density at radius 2 is 1.94 bits per heavy atom. The van der Waals surface area contributed by atoms with Crippen molar-refractivity contribution in [3.8, 4) is 0 Å². The zero-order chi connectivity index (χ0) is 13.3. The molecule has 0 spiro atoms. The van der Waals surface area contributed by atoms with Gasteiger partial charge in [0.2, 0.25) is 0 Å². The maximum absolute atomic E-state index is 12.8. The number of rotatable bonds is 2. The van der Waals surface area contributed by atoms with Crippen molar-refractivity contribution in [2.45, 2.75) is 13.5 Å². The molecule has 94 valence electrons. The van der Waals surface area contributed by atoms with Crippen LogP contribution in [0.5, 0.6) is 0 Å². The number of halogens is 2. The number of anilines is 1. The van der Waals surface area contributed by atoms with Crippen LogP contribution in [-0.2, 0) is 6.54 Å². The summed E-state index contributed by atoms with van der Waals surface area (Å²) in [7, 11) is 0. The van der Waals surface area contributed by atoms with Crippen molar-refractivity contribution in [3.05, 3.63) is 62.2 Å². The van der Waals surface area contributed by atoms with Crippen LogP contribution in [0.2, 0.25) is 0 Å². The molecular formula is C13H12BrFN2O. The molecule has 0 unspecified atom stereocenters. The van der Waals surface area contributed by atoms with Gasteiger partial charge in [-0.15, -0.1) is 0 Å². The van der Waals surface area contributed by atoms with Gasteiger partial charge in [0.1, 0.15) is 11.5 Å². The number of nitrogens with two attached hydrogens (primary N) is 1. The number of aromatic nitrogens is 1. The van der Waals surface area contributed by atoms with Crippen LogP contribution in [0.3, 0.4) is 0 Å². The molecular weight excluding hydrogens is 299 g/mol. The van der Waals surface area contributed by atoms with Gasteiger partial charge in [-0.05, 0) is 46.1 Å². The summed E-state index contributed by atoms with van der Waals surface area (Å²) in [6.45, 7) is 2.14. The lowest BCUT2D eigenvalue weighted by atomic mass is 10.2. The van der Waals surface area contributed by atoms with Crippen molar-refractivity contribution in [1.82, 2.24) is 4.57 Å². The second kappa shape index (κ2) is 4.94. The molecule has 3 nitrogen and oxygen atoms in total. The lowest BCUT2D eigenvalue weighted by molar-refractivity contribution is 0.626. The fourth-order valence-corrected chi connectivity index (χ4v) is 2.10. The van der Waals surface area contributed by atoms with Gasteiger partial charge in [-0.2, -0.15) is 0 Å². The molecule has 0 aliphatic rings. The van der Waals surface area contributed by atoms with Crippen LogP contribution in [0.1, 0.15) is 11.1 Å². The first-order chi connectivity index (χ1) is 8.49. The number of nitrogens with zero attached hydrogens (tertiary/aromatic N) is 1. The first-order valence-electron chi connectivity index (χ1n) is 5.38. The summed E-state index contributed by atoms with van der Waals surface area (Å²) in [6.07, 6.45) is 1.69. The SMILES string of the molecule is Cc1c(Br)cn(Cc2ccc(F)cc2)c(=O)c1N. The lowest BCUT2D eigenvalue weighted by Gasteiger charge is -2.10. The molecule has 0 atom stereocenters. The van der Waals surface area contributed by atoms with E-state index in [4.69, 9.17) is 5.73 Å². The van der Waals surface area contributed by atoms with E-state index >= 15 is 0 Å². The highest BCUT2D eigenvalue weighted by atomic mass is 79.9. The topological polar surface area (TPSA) is 48.0 Å². The van der Waals surface area contributed by atoms with Crippen LogP contribution >= 0.6 is 15.9 Å². The van der Waals surface area contributed by atoms with Crippen molar-refractivity contribution >= 4 is 21.6 Å². The predicted molar refractivity (Wildman–Crippen MR) is 73.1 cm³/mol. The van der Waals surface area contributed by atoms with Crippen LogP contribution in [0.15, 0.2) is 39.7 Å². The van der Waals surface area contributed by atoms with Crippen molar-refractivity contribution in [1.29, 1.82) is 0 Å². The molecule has 2 aromatic rings. The Kier molecular flexibility index (Phi) is 3.52. The van der Waals surface area contributed by atoms with Gasteiger partial charge < -0.3 is 10.3 Å². The maximum Gasteiger partial charge on any atom is 0.274 e. The number of hydrogen-bond acceptors (Lipinski definition) is 2. The number of hydrogen-bond donors (Lipinski definition) is 1. The predicted octanol–water partition coefficient (Wildman–Crippen LogP) is 2.69. The van der Waals surface area contributed by atoms with Gasteiger partial charge in [0, 0.05) is 10.7 Å². The van der Waals surface area contributed by atoms with Gasteiger partial charge in [-0.25, -0.2) is 4.39 Å². The molecule has 0 aliphatic heterocycles. The van der Waals surface area contributed by atoms with E-state index in [9.17, 15) is 9.18 Å². The summed E-state index contributed by atoms with van der Waals surface area (Å²) in [6, 6.07) is 6.03. The Labute approximate surface area is 112 Å².